The first-order valence-electron chi connectivity index (χ1n) is 14.3. The number of aliphatic carboxylic acids is 1. The number of nitrogens with zero attached hydrogens (tertiary/aromatic N) is 4. The van der Waals surface area contributed by atoms with Crippen LogP contribution in [0, 0.1) is 0 Å². The number of ether oxygens (including phenoxy) is 3. The smallest absolute Gasteiger partial charge is 0.850 e. The fourth-order valence-electron chi connectivity index (χ4n) is 4.43. The van der Waals surface area contributed by atoms with Crippen LogP contribution in [0.25, 0.3) is 11.0 Å². The van der Waals surface area contributed by atoms with E-state index in [-0.39, 0.29) is 70.9 Å². The molecule has 0 spiro atoms. The summed E-state index contributed by atoms with van der Waals surface area (Å²) in [5.74, 6) is -1.16. The Labute approximate surface area is 307 Å². The number of hydrogen-bond acceptors (Lipinski definition) is 12. The number of rotatable bonds is 5. The Kier molecular flexibility index (Phi) is 16.3. The molecule has 2 aliphatic rings. The molecule has 45 heavy (non-hydrogen) atoms. The first-order valence-corrected chi connectivity index (χ1v) is 14.3. The number of β-amino-alcohol motifs (C(OH)–C–C–N with tert-alkyl or cyclic N) is 1. The molecular formula is C29H44BKN4O10. The van der Waals surface area contributed by atoms with Gasteiger partial charge in [-0.2, -0.15) is 0 Å². The molecule has 1 aromatic heterocycles. The number of aliphatic hydroxyl groups is 1. The number of carboxylic acid groups (broad SMARTS) is 1. The Morgan fingerprint density at radius 2 is 1.60 bits per heavy atom. The van der Waals surface area contributed by atoms with Gasteiger partial charge in [0.25, 0.3) is 0 Å². The fourth-order valence-corrected chi connectivity index (χ4v) is 4.43. The zero-order chi connectivity index (χ0) is 33.4. The maximum absolute atomic E-state index is 12.5. The monoisotopic (exact) mass is 658 g/mol. The average Bonchev–Trinajstić information content (AvgIpc) is 3.51. The Morgan fingerprint density at radius 1 is 1.02 bits per heavy atom. The van der Waals surface area contributed by atoms with Crippen LogP contribution in [0.3, 0.4) is 0 Å². The van der Waals surface area contributed by atoms with Gasteiger partial charge in [-0.25, -0.2) is 19.6 Å². The van der Waals surface area contributed by atoms with Gasteiger partial charge in [-0.1, -0.05) is 32.9 Å². The maximum atomic E-state index is 12.5. The summed E-state index contributed by atoms with van der Waals surface area (Å²) in [5, 5.41) is 37.1. The van der Waals surface area contributed by atoms with E-state index in [1.165, 1.54) is 29.8 Å². The molecule has 0 radical (unpaired) electrons. The van der Waals surface area contributed by atoms with Crippen LogP contribution >= 0.6 is 0 Å². The number of hydrogen-bond donors (Lipinski definition) is 3. The first-order chi connectivity index (χ1) is 20.3. The first kappa shape index (κ1) is 41.1. The van der Waals surface area contributed by atoms with Crippen molar-refractivity contribution in [2.24, 2.45) is 0 Å². The van der Waals surface area contributed by atoms with Gasteiger partial charge in [-0.05, 0) is 46.1 Å². The molecule has 14 nitrogen and oxygen atoms in total. The fraction of sp³-hybridized carbons (Fsp3) is 0.621. The molecule has 3 N–H and O–H groups in total. The number of methoxy groups -OCH3 is 1. The molecule has 0 unspecified atom stereocenters. The number of aromatic nitrogens is 2. The van der Waals surface area contributed by atoms with Gasteiger partial charge < -0.3 is 39.4 Å². The summed E-state index contributed by atoms with van der Waals surface area (Å²) in [6.07, 6.45) is 0.387. The van der Waals surface area contributed by atoms with Crippen molar-refractivity contribution in [3.63, 3.8) is 0 Å². The number of fused-ring (bicyclic) bond motifs is 1. The molecule has 1 aromatic carbocycles. The number of para-hydroxylation sites is 2. The average molecular weight is 659 g/mol. The van der Waals surface area contributed by atoms with Gasteiger partial charge in [0.05, 0.1) is 37.0 Å². The Bertz CT molecular complexity index is 1270. The number of amides is 1. The third kappa shape index (κ3) is 14.2. The van der Waals surface area contributed by atoms with E-state index in [1.807, 2.05) is 24.3 Å². The zero-order valence-corrected chi connectivity index (χ0v) is 30.7. The standard InChI is InChI=1S/C19H23N3O5.C6H12BNO4.C4H9O.K/c1-19(2,3)27-18(24)22-11-12(9-15(22)17(23)25-4)26-16-10-20-13-7-5-6-8-14(13)21-16;1-7(12)8-3-4(9)2-5(8)6(10)11;1-4(2,3)5;/h5-8,10,12,15H,9,11H2,1-4H3;4-5,9,12H,2-3H2,1H3,(H,10,11);1-3H3;/q;;-1;+1/t12-,15+;4-,5+;;/m11../s1. The van der Waals surface area contributed by atoms with Gasteiger partial charge in [-0.15, -0.1) is 5.60 Å². The van der Waals surface area contributed by atoms with Crippen molar-refractivity contribution in [1.29, 1.82) is 0 Å². The maximum Gasteiger partial charge on any atom is 1.00 e. The van der Waals surface area contributed by atoms with E-state index in [4.69, 9.17) is 29.4 Å². The number of benzene rings is 1. The van der Waals surface area contributed by atoms with Crippen LogP contribution in [0.15, 0.2) is 30.5 Å². The van der Waals surface area contributed by atoms with Crippen molar-refractivity contribution in [1.82, 2.24) is 19.7 Å². The van der Waals surface area contributed by atoms with E-state index in [9.17, 15) is 19.5 Å². The van der Waals surface area contributed by atoms with Crippen LogP contribution in [-0.2, 0) is 19.1 Å². The third-order valence-corrected chi connectivity index (χ3v) is 6.16. The second-order valence-electron chi connectivity index (χ2n) is 12.5. The third-order valence-electron chi connectivity index (χ3n) is 6.16. The molecule has 1 amide bonds. The number of carboxylic acids is 1. The molecule has 4 rings (SSSR count). The molecule has 3 heterocycles. The molecular weight excluding hydrogens is 614 g/mol. The van der Waals surface area contributed by atoms with Crippen molar-refractivity contribution < 1.29 is 100 Å². The quantitative estimate of drug-likeness (QED) is 0.244. The molecule has 4 atom stereocenters. The van der Waals surface area contributed by atoms with Crippen molar-refractivity contribution in [3.8, 4) is 5.88 Å². The summed E-state index contributed by atoms with van der Waals surface area (Å²) >= 11 is 0. The van der Waals surface area contributed by atoms with Crippen molar-refractivity contribution in [2.75, 3.05) is 20.2 Å². The topological polar surface area (TPSA) is 195 Å². The van der Waals surface area contributed by atoms with Crippen LogP contribution in [0.4, 0.5) is 4.79 Å². The summed E-state index contributed by atoms with van der Waals surface area (Å²) < 4.78 is 16.1. The number of aliphatic hydroxyl groups excluding tert-OH is 1. The van der Waals surface area contributed by atoms with Crippen molar-refractivity contribution in [3.05, 3.63) is 30.5 Å². The molecule has 2 saturated heterocycles. The second kappa shape index (κ2) is 17.9. The molecule has 2 aliphatic heterocycles. The molecule has 2 fully saturated rings. The molecule has 0 bridgehead atoms. The van der Waals surface area contributed by atoms with Crippen LogP contribution in [0.5, 0.6) is 5.88 Å². The minimum atomic E-state index is -0.993. The number of carbonyl (C=O) groups is 3. The number of likely N-dealkylation sites (tertiary alicyclic amines) is 1. The predicted octanol–water partition coefficient (Wildman–Crippen LogP) is -1.67. The normalized spacial score (nSPS) is 21.4. The van der Waals surface area contributed by atoms with Gasteiger partial charge in [0.15, 0.2) is 0 Å². The van der Waals surface area contributed by atoms with Crippen LogP contribution in [-0.4, -0.2) is 116 Å². The van der Waals surface area contributed by atoms with Gasteiger partial charge in [0.2, 0.25) is 5.88 Å². The largest absolute Gasteiger partial charge is 1.00 e. The Morgan fingerprint density at radius 3 is 2.09 bits per heavy atom. The molecule has 244 valence electrons. The van der Waals surface area contributed by atoms with Crippen LogP contribution < -0.4 is 61.2 Å². The second-order valence-corrected chi connectivity index (χ2v) is 12.5. The minimum absolute atomic E-state index is 0. The van der Waals surface area contributed by atoms with Crippen molar-refractivity contribution >= 4 is 36.1 Å². The predicted molar refractivity (Wildman–Crippen MR) is 160 cm³/mol. The summed E-state index contributed by atoms with van der Waals surface area (Å²) in [4.78, 5) is 46.6. The molecule has 2 aromatic rings. The number of carbonyl (C=O) groups excluding carboxylic acids is 2. The SMILES string of the molecule is CB(O)N1C[C@H](O)C[C@H]1C(=O)O.CC(C)(C)[O-].COC(=O)[C@@H]1C[C@@H](Oc2cnc3ccccc3n2)CN1C(=O)OC(C)(C)C.[K+]. The van der Waals surface area contributed by atoms with E-state index in [2.05, 4.69) is 9.97 Å². The van der Waals surface area contributed by atoms with E-state index >= 15 is 0 Å². The number of esters is 1. The summed E-state index contributed by atoms with van der Waals surface area (Å²) in [7, 11) is 0.474. The minimum Gasteiger partial charge on any atom is -0.850 e. The van der Waals surface area contributed by atoms with E-state index in [1.54, 1.807) is 41.5 Å². The Balaban J connectivity index is 0.000000467. The summed E-state index contributed by atoms with van der Waals surface area (Å²) in [6.45, 7) is 12.1. The van der Waals surface area contributed by atoms with Gasteiger partial charge in [0, 0.05) is 13.0 Å². The van der Waals surface area contributed by atoms with E-state index < -0.39 is 60.6 Å². The van der Waals surface area contributed by atoms with Crippen LogP contribution in [0.1, 0.15) is 54.4 Å². The summed E-state index contributed by atoms with van der Waals surface area (Å²) in [5.41, 5.74) is 0.0566. The van der Waals surface area contributed by atoms with Crippen molar-refractivity contribution in [2.45, 2.75) is 96.7 Å². The van der Waals surface area contributed by atoms with Gasteiger partial charge >= 0.3 is 76.5 Å². The molecule has 0 saturated carbocycles. The van der Waals surface area contributed by atoms with Gasteiger partial charge in [0.1, 0.15) is 23.8 Å². The van der Waals surface area contributed by atoms with Crippen LogP contribution in [0.2, 0.25) is 6.82 Å². The van der Waals surface area contributed by atoms with E-state index in [0.29, 0.717) is 17.8 Å². The summed E-state index contributed by atoms with van der Waals surface area (Å²) in [6, 6.07) is 5.94. The Hall–Kier alpha value is -1.89. The van der Waals surface area contributed by atoms with E-state index in [0.717, 1.165) is 5.52 Å². The van der Waals surface area contributed by atoms with Gasteiger partial charge in [-0.3, -0.25) is 9.69 Å². The molecule has 0 aliphatic carbocycles. The zero-order valence-electron chi connectivity index (χ0n) is 27.6. The molecule has 16 heteroatoms.